The molecule has 1 heterocycles. The van der Waals surface area contributed by atoms with E-state index >= 15 is 0 Å². The lowest BCUT2D eigenvalue weighted by Gasteiger charge is -2.36. The maximum absolute atomic E-state index is 10.2. The first-order chi connectivity index (χ1) is 9.35. The molecule has 0 saturated carbocycles. The van der Waals surface area contributed by atoms with Gasteiger partial charge < -0.3 is 9.04 Å². The molecule has 0 radical (unpaired) electrons. The van der Waals surface area contributed by atoms with E-state index in [0.29, 0.717) is 5.56 Å². The number of piperidine rings is 1. The minimum Gasteiger partial charge on any atom is -0.748 e. The second kappa shape index (κ2) is 7.76. The lowest BCUT2D eigenvalue weighted by atomic mass is 10.1. The van der Waals surface area contributed by atoms with Crippen molar-refractivity contribution in [2.75, 3.05) is 26.7 Å². The van der Waals surface area contributed by atoms with Crippen molar-refractivity contribution in [2.45, 2.75) is 31.9 Å². The van der Waals surface area contributed by atoms with Gasteiger partial charge in [-0.3, -0.25) is 0 Å². The highest BCUT2D eigenvalue weighted by Crippen LogP contribution is 2.14. The predicted octanol–water partition coefficient (Wildman–Crippen LogP) is 2.37. The normalized spacial score (nSPS) is 17.9. The minimum atomic E-state index is -4.13. The van der Waals surface area contributed by atoms with Gasteiger partial charge in [0.2, 0.25) is 0 Å². The van der Waals surface area contributed by atoms with E-state index in [1.807, 2.05) is 0 Å². The van der Waals surface area contributed by atoms with E-state index in [1.54, 1.807) is 30.3 Å². The molecule has 0 bridgehead atoms. The highest BCUT2D eigenvalue weighted by molar-refractivity contribution is 7.84. The largest absolute Gasteiger partial charge is 0.748 e. The lowest BCUT2D eigenvalue weighted by Crippen LogP contribution is -2.47. The molecule has 1 saturated heterocycles. The van der Waals surface area contributed by atoms with Gasteiger partial charge in [0.1, 0.15) is 0 Å². The molecule has 0 aliphatic carbocycles. The molecule has 4 nitrogen and oxygen atoms in total. The Morgan fingerprint density at radius 1 is 1.10 bits per heavy atom. The zero-order valence-electron chi connectivity index (χ0n) is 12.4. The number of nitrogens with zero attached hydrogens (tertiary/aromatic N) is 1. The van der Waals surface area contributed by atoms with Crippen molar-refractivity contribution in [2.24, 2.45) is 0 Å². The topological polar surface area (TPSA) is 57.2 Å². The summed E-state index contributed by atoms with van der Waals surface area (Å²) in [4.78, 5) is 0. The highest BCUT2D eigenvalue weighted by Gasteiger charge is 2.21. The van der Waals surface area contributed by atoms with Crippen LogP contribution in [0, 0.1) is 0 Å². The number of hydrogen-bond donors (Lipinski definition) is 0. The van der Waals surface area contributed by atoms with Gasteiger partial charge in [-0.05, 0) is 31.7 Å². The van der Waals surface area contributed by atoms with E-state index in [-0.39, 0.29) is 0 Å². The summed E-state index contributed by atoms with van der Waals surface area (Å²) in [7, 11) is -1.75. The quantitative estimate of drug-likeness (QED) is 0.636. The van der Waals surface area contributed by atoms with Crippen LogP contribution in [0.5, 0.6) is 0 Å². The van der Waals surface area contributed by atoms with Crippen LogP contribution < -0.4 is 0 Å². The van der Waals surface area contributed by atoms with Crippen molar-refractivity contribution in [3.8, 4) is 0 Å². The summed E-state index contributed by atoms with van der Waals surface area (Å²) in [6.07, 6.45) is 4.36. The lowest BCUT2D eigenvalue weighted by molar-refractivity contribution is -0.912. The van der Waals surface area contributed by atoms with Gasteiger partial charge in [-0.15, -0.1) is 0 Å². The second-order valence-corrected chi connectivity index (χ2v) is 7.04. The molecule has 1 aliphatic heterocycles. The smallest absolute Gasteiger partial charge is 0.0988 e. The fraction of sp³-hybridized carbons (Fsp3) is 0.600. The summed E-state index contributed by atoms with van der Waals surface area (Å²) in [6.45, 7) is 6.44. The molecule has 1 aromatic carbocycles. The highest BCUT2D eigenvalue weighted by atomic mass is 32.2. The molecule has 0 spiro atoms. The van der Waals surface area contributed by atoms with Crippen LogP contribution in [0.4, 0.5) is 0 Å². The molecule has 0 amide bonds. The Hall–Kier alpha value is -0.910. The first-order valence-corrected chi connectivity index (χ1v) is 8.73. The van der Waals surface area contributed by atoms with Gasteiger partial charge in [0.15, 0.2) is 0 Å². The predicted molar refractivity (Wildman–Crippen MR) is 80.2 cm³/mol. The zero-order valence-corrected chi connectivity index (χ0v) is 13.2. The average molecular weight is 299 g/mol. The Morgan fingerprint density at radius 3 is 2.05 bits per heavy atom. The molecule has 5 heteroatoms. The fourth-order valence-corrected chi connectivity index (χ4v) is 2.97. The molecule has 2 rings (SSSR count). The maximum atomic E-state index is 10.2. The molecule has 0 N–H and O–H groups in total. The van der Waals surface area contributed by atoms with Crippen molar-refractivity contribution in [1.82, 2.24) is 0 Å². The van der Waals surface area contributed by atoms with E-state index in [4.69, 9.17) is 0 Å². The summed E-state index contributed by atoms with van der Waals surface area (Å²) < 4.78 is 32.1. The molecular formula is C15H25NO3S. The van der Waals surface area contributed by atoms with Crippen LogP contribution in [0.3, 0.4) is 0 Å². The summed E-state index contributed by atoms with van der Waals surface area (Å²) in [5.41, 5.74) is 0.530. The van der Waals surface area contributed by atoms with Gasteiger partial charge in [0.25, 0.3) is 0 Å². The maximum Gasteiger partial charge on any atom is 0.0988 e. The number of quaternary nitrogens is 1. The summed E-state index contributed by atoms with van der Waals surface area (Å²) in [5.74, 6) is -0.423. The van der Waals surface area contributed by atoms with Gasteiger partial charge in [0, 0.05) is 0 Å². The average Bonchev–Trinajstić information content (AvgIpc) is 2.40. The van der Waals surface area contributed by atoms with E-state index < -0.39 is 15.9 Å². The van der Waals surface area contributed by atoms with Crippen LogP contribution in [-0.4, -0.2) is 44.1 Å². The molecule has 1 aliphatic rings. The minimum absolute atomic E-state index is 0.423. The first-order valence-electron chi connectivity index (χ1n) is 7.16. The van der Waals surface area contributed by atoms with Crippen LogP contribution >= 0.6 is 0 Å². The molecule has 0 atom stereocenters. The molecule has 114 valence electrons. The van der Waals surface area contributed by atoms with Crippen molar-refractivity contribution < 1.29 is 17.5 Å². The van der Waals surface area contributed by atoms with Crippen LogP contribution in [0.15, 0.2) is 30.3 Å². The molecule has 0 aromatic heterocycles. The van der Waals surface area contributed by atoms with Crippen LogP contribution in [0.1, 0.15) is 31.7 Å². The molecule has 0 unspecified atom stereocenters. The number of benzene rings is 1. The molecule has 1 aromatic rings. The van der Waals surface area contributed by atoms with E-state index in [0.717, 1.165) is 0 Å². The van der Waals surface area contributed by atoms with Crippen molar-refractivity contribution >= 4 is 10.1 Å². The van der Waals surface area contributed by atoms with Gasteiger partial charge >= 0.3 is 0 Å². The van der Waals surface area contributed by atoms with Crippen LogP contribution in [0.25, 0.3) is 0 Å². The van der Waals surface area contributed by atoms with Crippen molar-refractivity contribution in [3.05, 3.63) is 35.9 Å². The van der Waals surface area contributed by atoms with Crippen LogP contribution in [-0.2, 0) is 15.9 Å². The summed E-state index contributed by atoms with van der Waals surface area (Å²) in [5, 5.41) is 0. The van der Waals surface area contributed by atoms with Gasteiger partial charge in [0.05, 0.1) is 42.6 Å². The standard InChI is InChI=1S/C8H18N.C7H8O3S/c1-3-9(2)7-5-4-6-8-9;8-11(9,10)6-7-4-2-1-3-5-7/h3-8H2,1-2H3;1-5H,6H2,(H,8,9,10)/q+1;/p-1. The fourth-order valence-electron chi connectivity index (χ4n) is 2.37. The van der Waals surface area contributed by atoms with Gasteiger partial charge in [-0.1, -0.05) is 30.3 Å². The molecule has 1 fully saturated rings. The van der Waals surface area contributed by atoms with E-state index in [2.05, 4.69) is 14.0 Å². The van der Waals surface area contributed by atoms with Crippen molar-refractivity contribution in [1.29, 1.82) is 0 Å². The van der Waals surface area contributed by atoms with Crippen molar-refractivity contribution in [3.63, 3.8) is 0 Å². The summed E-state index contributed by atoms with van der Waals surface area (Å²) >= 11 is 0. The summed E-state index contributed by atoms with van der Waals surface area (Å²) in [6, 6.07) is 8.37. The Bertz CT molecular complexity index is 479. The second-order valence-electron chi connectivity index (χ2n) is 5.63. The number of likely N-dealkylation sites (tertiary alicyclic amines) is 1. The molecular weight excluding hydrogens is 274 g/mol. The third kappa shape index (κ3) is 7.03. The SMILES string of the molecule is CC[N+]1(C)CCCCC1.O=S(=O)([O-])Cc1ccccc1. The first kappa shape index (κ1) is 17.1. The zero-order chi connectivity index (χ0) is 15.1. The Morgan fingerprint density at radius 2 is 1.65 bits per heavy atom. The monoisotopic (exact) mass is 299 g/mol. The van der Waals surface area contributed by atoms with Gasteiger partial charge in [-0.2, -0.15) is 0 Å². The Balaban J connectivity index is 0.000000204. The Kier molecular flexibility index (Phi) is 6.65. The van der Waals surface area contributed by atoms with E-state index in [1.165, 1.54) is 43.4 Å². The van der Waals surface area contributed by atoms with Crippen LogP contribution in [0.2, 0.25) is 0 Å². The molecule has 20 heavy (non-hydrogen) atoms. The number of hydrogen-bond acceptors (Lipinski definition) is 3. The van der Waals surface area contributed by atoms with E-state index in [9.17, 15) is 13.0 Å². The number of rotatable bonds is 3. The van der Waals surface area contributed by atoms with Gasteiger partial charge in [-0.25, -0.2) is 8.42 Å². The Labute approximate surface area is 122 Å². The third-order valence-corrected chi connectivity index (χ3v) is 4.53. The third-order valence-electron chi connectivity index (χ3n) is 3.85.